The number of ether oxygens (including phenoxy) is 1. The molecule has 2 aromatic rings. The smallest absolute Gasteiger partial charge is 0.226 e. The largest absolute Gasteiger partial charge is 0.382 e. The first-order valence-electron chi connectivity index (χ1n) is 5.53. The molecular formula is C10H12ClN5O. The molecule has 6 nitrogen and oxygen atoms in total. The van der Waals surface area contributed by atoms with Gasteiger partial charge < -0.3 is 10.5 Å². The third-order valence-corrected chi connectivity index (χ3v) is 3.06. The second kappa shape index (κ2) is 4.12. The summed E-state index contributed by atoms with van der Waals surface area (Å²) in [5.41, 5.74) is 6.95. The van der Waals surface area contributed by atoms with Gasteiger partial charge in [-0.1, -0.05) is 0 Å². The zero-order chi connectivity index (χ0) is 11.8. The summed E-state index contributed by atoms with van der Waals surface area (Å²) in [7, 11) is 0. The van der Waals surface area contributed by atoms with Crippen molar-refractivity contribution in [2.75, 3.05) is 12.3 Å². The van der Waals surface area contributed by atoms with Gasteiger partial charge in [0.25, 0.3) is 0 Å². The lowest BCUT2D eigenvalue weighted by Crippen LogP contribution is -2.17. The first kappa shape index (κ1) is 10.7. The number of nitrogen functional groups attached to an aromatic ring is 1. The minimum Gasteiger partial charge on any atom is -0.382 e. The Balaban J connectivity index is 2.10. The van der Waals surface area contributed by atoms with Crippen LogP contribution < -0.4 is 5.73 Å². The number of anilines is 1. The fraction of sp³-hybridized carbons (Fsp3) is 0.500. The van der Waals surface area contributed by atoms with E-state index in [1.807, 2.05) is 4.57 Å². The second-order valence-corrected chi connectivity index (χ2v) is 4.36. The molecule has 0 aliphatic carbocycles. The van der Waals surface area contributed by atoms with Crippen LogP contribution in [0.1, 0.15) is 25.5 Å². The van der Waals surface area contributed by atoms with Gasteiger partial charge in [0.2, 0.25) is 5.28 Å². The molecule has 0 spiro atoms. The van der Waals surface area contributed by atoms with E-state index in [2.05, 4.69) is 15.0 Å². The first-order valence-corrected chi connectivity index (χ1v) is 5.90. The van der Waals surface area contributed by atoms with Gasteiger partial charge in [0.15, 0.2) is 11.5 Å². The van der Waals surface area contributed by atoms with Crippen LogP contribution in [0.25, 0.3) is 11.2 Å². The van der Waals surface area contributed by atoms with Crippen LogP contribution in [0.15, 0.2) is 6.33 Å². The molecule has 1 fully saturated rings. The Morgan fingerprint density at radius 1 is 1.41 bits per heavy atom. The number of fused-ring (bicyclic) bond motifs is 1. The minimum absolute atomic E-state index is 0.0286. The summed E-state index contributed by atoms with van der Waals surface area (Å²) in [5, 5.41) is 0.132. The third-order valence-electron chi connectivity index (χ3n) is 2.89. The molecule has 0 unspecified atom stereocenters. The third kappa shape index (κ3) is 1.83. The highest BCUT2D eigenvalue weighted by molar-refractivity contribution is 6.28. The van der Waals surface area contributed by atoms with E-state index in [-0.39, 0.29) is 11.5 Å². The summed E-state index contributed by atoms with van der Waals surface area (Å²) >= 11 is 5.81. The fourth-order valence-electron chi connectivity index (χ4n) is 2.06. The molecule has 1 atom stereocenters. The maximum atomic E-state index is 5.81. The average molecular weight is 254 g/mol. The monoisotopic (exact) mass is 253 g/mol. The zero-order valence-corrected chi connectivity index (χ0v) is 9.89. The fourth-order valence-corrected chi connectivity index (χ4v) is 2.24. The quantitative estimate of drug-likeness (QED) is 0.784. The van der Waals surface area contributed by atoms with E-state index in [1.165, 1.54) is 0 Å². The first-order chi connectivity index (χ1) is 8.25. The van der Waals surface area contributed by atoms with E-state index in [1.54, 1.807) is 6.33 Å². The normalized spacial score (nSPS) is 20.9. The van der Waals surface area contributed by atoms with E-state index in [0.29, 0.717) is 17.0 Å². The molecule has 2 N–H and O–H groups in total. The van der Waals surface area contributed by atoms with Crippen LogP contribution in [0, 0.1) is 0 Å². The lowest BCUT2D eigenvalue weighted by molar-refractivity contribution is -0.0298. The molecule has 0 aromatic carbocycles. The number of nitrogens with zero attached hydrogens (tertiary/aromatic N) is 4. The summed E-state index contributed by atoms with van der Waals surface area (Å²) in [4.78, 5) is 12.3. The van der Waals surface area contributed by atoms with Crippen LogP contribution in [-0.2, 0) is 4.74 Å². The molecule has 7 heteroatoms. The van der Waals surface area contributed by atoms with Crippen LogP contribution in [-0.4, -0.2) is 26.1 Å². The summed E-state index contributed by atoms with van der Waals surface area (Å²) in [6.45, 7) is 0.763. The number of imidazole rings is 1. The average Bonchev–Trinajstić information content (AvgIpc) is 2.74. The maximum absolute atomic E-state index is 5.81. The highest BCUT2D eigenvalue weighted by Gasteiger charge is 2.20. The molecule has 1 saturated heterocycles. The van der Waals surface area contributed by atoms with Gasteiger partial charge >= 0.3 is 0 Å². The Morgan fingerprint density at radius 2 is 2.29 bits per heavy atom. The molecule has 1 aliphatic rings. The van der Waals surface area contributed by atoms with Gasteiger partial charge in [-0.15, -0.1) is 0 Å². The molecular weight excluding hydrogens is 242 g/mol. The summed E-state index contributed by atoms with van der Waals surface area (Å²) in [6, 6.07) is 0. The van der Waals surface area contributed by atoms with Gasteiger partial charge in [-0.25, -0.2) is 4.98 Å². The van der Waals surface area contributed by atoms with E-state index in [9.17, 15) is 0 Å². The van der Waals surface area contributed by atoms with Crippen LogP contribution in [0.4, 0.5) is 5.82 Å². The second-order valence-electron chi connectivity index (χ2n) is 4.02. The molecule has 90 valence electrons. The van der Waals surface area contributed by atoms with Crippen LogP contribution >= 0.6 is 11.6 Å². The summed E-state index contributed by atoms with van der Waals surface area (Å²) in [6.07, 6.45) is 4.84. The van der Waals surface area contributed by atoms with Crippen molar-refractivity contribution in [2.24, 2.45) is 0 Å². The molecule has 0 bridgehead atoms. The van der Waals surface area contributed by atoms with E-state index < -0.39 is 0 Å². The highest BCUT2D eigenvalue weighted by Crippen LogP contribution is 2.27. The Morgan fingerprint density at radius 3 is 3.06 bits per heavy atom. The molecule has 2 aromatic heterocycles. The molecule has 17 heavy (non-hydrogen) atoms. The lowest BCUT2D eigenvalue weighted by atomic mass is 10.2. The number of halogens is 1. The lowest BCUT2D eigenvalue weighted by Gasteiger charge is -2.23. The van der Waals surface area contributed by atoms with Crippen molar-refractivity contribution in [3.05, 3.63) is 11.6 Å². The van der Waals surface area contributed by atoms with Crippen LogP contribution in [0.2, 0.25) is 5.28 Å². The Labute approximate surface area is 103 Å². The zero-order valence-electron chi connectivity index (χ0n) is 9.14. The maximum Gasteiger partial charge on any atom is 0.226 e. The summed E-state index contributed by atoms with van der Waals surface area (Å²) < 4.78 is 7.56. The van der Waals surface area contributed by atoms with Crippen molar-refractivity contribution in [1.82, 2.24) is 19.5 Å². The number of hydrogen-bond acceptors (Lipinski definition) is 5. The van der Waals surface area contributed by atoms with Crippen molar-refractivity contribution in [3.8, 4) is 0 Å². The molecule has 0 amide bonds. The van der Waals surface area contributed by atoms with Crippen molar-refractivity contribution in [2.45, 2.75) is 25.5 Å². The topological polar surface area (TPSA) is 78.9 Å². The van der Waals surface area contributed by atoms with E-state index in [0.717, 1.165) is 25.9 Å². The Bertz CT molecular complexity index is 549. The van der Waals surface area contributed by atoms with E-state index >= 15 is 0 Å². The van der Waals surface area contributed by atoms with Crippen molar-refractivity contribution >= 4 is 28.6 Å². The summed E-state index contributed by atoms with van der Waals surface area (Å²) in [5.74, 6) is 0.301. The van der Waals surface area contributed by atoms with Crippen molar-refractivity contribution in [3.63, 3.8) is 0 Å². The van der Waals surface area contributed by atoms with Gasteiger partial charge in [0.1, 0.15) is 11.7 Å². The number of rotatable bonds is 1. The molecule has 0 saturated carbocycles. The number of aromatic nitrogens is 4. The van der Waals surface area contributed by atoms with Gasteiger partial charge in [-0.05, 0) is 30.9 Å². The predicted octanol–water partition coefficient (Wildman–Crippen LogP) is 1.76. The number of hydrogen-bond donors (Lipinski definition) is 1. The van der Waals surface area contributed by atoms with Crippen molar-refractivity contribution < 1.29 is 4.74 Å². The Kier molecular flexibility index (Phi) is 2.60. The molecule has 3 rings (SSSR count). The van der Waals surface area contributed by atoms with Gasteiger partial charge in [0, 0.05) is 6.61 Å². The van der Waals surface area contributed by atoms with Gasteiger partial charge in [0.05, 0.1) is 6.33 Å². The van der Waals surface area contributed by atoms with E-state index in [4.69, 9.17) is 22.1 Å². The van der Waals surface area contributed by atoms with Gasteiger partial charge in [-0.3, -0.25) is 4.57 Å². The molecule has 0 radical (unpaired) electrons. The minimum atomic E-state index is -0.0286. The predicted molar refractivity (Wildman–Crippen MR) is 63.6 cm³/mol. The standard InChI is InChI=1S/C10H12ClN5O/c11-10-14-8(12)7-9(15-10)16(5-13-7)6-3-1-2-4-17-6/h5-6H,1-4H2,(H2,12,14,15)/t6-/m0/s1. The highest BCUT2D eigenvalue weighted by atomic mass is 35.5. The molecule has 3 heterocycles. The van der Waals surface area contributed by atoms with Crippen molar-refractivity contribution in [1.29, 1.82) is 0 Å². The SMILES string of the molecule is Nc1nc(Cl)nc2c1ncn2[C@@H]1CCCCO1. The molecule has 1 aliphatic heterocycles. The van der Waals surface area contributed by atoms with Gasteiger partial charge in [-0.2, -0.15) is 9.97 Å². The van der Waals surface area contributed by atoms with Crippen LogP contribution in [0.5, 0.6) is 0 Å². The Hall–Kier alpha value is -1.40. The number of nitrogens with two attached hydrogens (primary N) is 1. The van der Waals surface area contributed by atoms with Crippen LogP contribution in [0.3, 0.4) is 0 Å².